The summed E-state index contributed by atoms with van der Waals surface area (Å²) < 4.78 is 12.5. The van der Waals surface area contributed by atoms with Crippen molar-refractivity contribution in [2.45, 2.75) is 20.1 Å². The number of hydrogen-bond acceptors (Lipinski definition) is 3. The first-order valence-corrected chi connectivity index (χ1v) is 9.76. The van der Waals surface area contributed by atoms with Crippen LogP contribution in [0.5, 0.6) is 11.5 Å². The molecular weight excluding hydrogens is 426 g/mol. The van der Waals surface area contributed by atoms with Crippen LogP contribution >= 0.6 is 27.5 Å². The summed E-state index contributed by atoms with van der Waals surface area (Å²) >= 11 is 9.62. The van der Waals surface area contributed by atoms with Crippen molar-refractivity contribution < 1.29 is 9.47 Å². The van der Waals surface area contributed by atoms with E-state index in [1.54, 1.807) is 7.11 Å². The minimum absolute atomic E-state index is 0.489. The zero-order valence-corrected chi connectivity index (χ0v) is 17.6. The van der Waals surface area contributed by atoms with Crippen molar-refractivity contribution in [3.63, 3.8) is 0 Å². The van der Waals surface area contributed by atoms with Crippen molar-refractivity contribution in [3.05, 3.63) is 86.8 Å². The van der Waals surface area contributed by atoms with Gasteiger partial charge < -0.3 is 14.8 Å². The Morgan fingerprint density at radius 3 is 2.37 bits per heavy atom. The van der Waals surface area contributed by atoms with Crippen molar-refractivity contribution >= 4 is 33.2 Å². The average molecular weight is 447 g/mol. The van der Waals surface area contributed by atoms with E-state index in [9.17, 15) is 0 Å². The quantitative estimate of drug-likeness (QED) is 0.443. The SMILES string of the molecule is COc1cc(CNc2ccc(C)c(Cl)c2)ccc1OCc1ccc(Br)cc1. The van der Waals surface area contributed by atoms with Crippen molar-refractivity contribution in [2.24, 2.45) is 0 Å². The molecule has 0 aromatic heterocycles. The van der Waals surface area contributed by atoms with Crippen LogP contribution in [0.1, 0.15) is 16.7 Å². The number of hydrogen-bond donors (Lipinski definition) is 1. The van der Waals surface area contributed by atoms with E-state index >= 15 is 0 Å². The third kappa shape index (κ3) is 5.41. The van der Waals surface area contributed by atoms with Crippen molar-refractivity contribution in [3.8, 4) is 11.5 Å². The Bertz CT molecular complexity index is 913. The molecule has 1 N–H and O–H groups in total. The van der Waals surface area contributed by atoms with Crippen LogP contribution in [0.4, 0.5) is 5.69 Å². The lowest BCUT2D eigenvalue weighted by molar-refractivity contribution is 0.284. The number of benzene rings is 3. The number of ether oxygens (including phenoxy) is 2. The molecule has 3 nitrogen and oxygen atoms in total. The van der Waals surface area contributed by atoms with Crippen LogP contribution < -0.4 is 14.8 Å². The molecule has 0 aliphatic heterocycles. The summed E-state index contributed by atoms with van der Waals surface area (Å²) in [6.07, 6.45) is 0. The van der Waals surface area contributed by atoms with E-state index in [1.807, 2.05) is 67.6 Å². The molecule has 0 spiro atoms. The zero-order valence-electron chi connectivity index (χ0n) is 15.3. The van der Waals surface area contributed by atoms with E-state index in [2.05, 4.69) is 21.2 Å². The van der Waals surface area contributed by atoms with Gasteiger partial charge in [0.25, 0.3) is 0 Å². The van der Waals surface area contributed by atoms with Gasteiger partial charge in [-0.25, -0.2) is 0 Å². The van der Waals surface area contributed by atoms with Gasteiger partial charge in [0, 0.05) is 21.7 Å². The Kier molecular flexibility index (Phi) is 6.64. The second-order valence-electron chi connectivity index (χ2n) is 6.22. The highest BCUT2D eigenvalue weighted by atomic mass is 79.9. The van der Waals surface area contributed by atoms with Gasteiger partial charge >= 0.3 is 0 Å². The molecule has 0 unspecified atom stereocenters. The molecule has 0 saturated heterocycles. The van der Waals surface area contributed by atoms with Crippen LogP contribution in [0.2, 0.25) is 5.02 Å². The van der Waals surface area contributed by atoms with Gasteiger partial charge in [0.05, 0.1) is 7.11 Å². The van der Waals surface area contributed by atoms with Crippen LogP contribution in [0.3, 0.4) is 0 Å². The largest absolute Gasteiger partial charge is 0.493 e. The lowest BCUT2D eigenvalue weighted by Crippen LogP contribution is -2.02. The number of rotatable bonds is 7. The summed E-state index contributed by atoms with van der Waals surface area (Å²) in [4.78, 5) is 0. The molecule has 0 fully saturated rings. The van der Waals surface area contributed by atoms with Crippen molar-refractivity contribution in [2.75, 3.05) is 12.4 Å². The van der Waals surface area contributed by atoms with E-state index in [0.29, 0.717) is 18.9 Å². The molecule has 3 rings (SSSR count). The molecular formula is C22H21BrClNO2. The molecule has 27 heavy (non-hydrogen) atoms. The fourth-order valence-electron chi connectivity index (χ4n) is 2.59. The lowest BCUT2D eigenvalue weighted by Gasteiger charge is -2.13. The summed E-state index contributed by atoms with van der Waals surface area (Å²) in [5.41, 5.74) is 4.25. The average Bonchev–Trinajstić information content (AvgIpc) is 2.68. The first-order chi connectivity index (χ1) is 13.0. The molecule has 0 amide bonds. The van der Waals surface area contributed by atoms with Crippen LogP contribution in [-0.4, -0.2) is 7.11 Å². The minimum atomic E-state index is 0.489. The summed E-state index contributed by atoms with van der Waals surface area (Å²) in [6, 6.07) is 20.0. The molecule has 0 bridgehead atoms. The van der Waals surface area contributed by atoms with Crippen LogP contribution in [0, 0.1) is 6.92 Å². The molecule has 0 heterocycles. The first kappa shape index (κ1) is 19.6. The van der Waals surface area contributed by atoms with Gasteiger partial charge in [0.2, 0.25) is 0 Å². The summed E-state index contributed by atoms with van der Waals surface area (Å²) in [6.45, 7) is 3.15. The summed E-state index contributed by atoms with van der Waals surface area (Å²) in [5, 5.41) is 4.14. The Balaban J connectivity index is 1.64. The monoisotopic (exact) mass is 445 g/mol. The Labute approximate surface area is 173 Å². The topological polar surface area (TPSA) is 30.5 Å². The van der Waals surface area contributed by atoms with E-state index < -0.39 is 0 Å². The summed E-state index contributed by atoms with van der Waals surface area (Å²) in [7, 11) is 1.65. The van der Waals surface area contributed by atoms with Crippen molar-refractivity contribution in [1.82, 2.24) is 0 Å². The number of nitrogens with one attached hydrogen (secondary N) is 1. The fraction of sp³-hybridized carbons (Fsp3) is 0.182. The highest BCUT2D eigenvalue weighted by molar-refractivity contribution is 9.10. The van der Waals surface area contributed by atoms with Gasteiger partial charge in [-0.1, -0.05) is 51.8 Å². The van der Waals surface area contributed by atoms with Gasteiger partial charge in [-0.15, -0.1) is 0 Å². The molecule has 5 heteroatoms. The van der Waals surface area contributed by atoms with E-state index in [0.717, 1.165) is 37.6 Å². The second-order valence-corrected chi connectivity index (χ2v) is 7.54. The normalized spacial score (nSPS) is 10.5. The number of aryl methyl sites for hydroxylation is 1. The Hall–Kier alpha value is -2.17. The van der Waals surface area contributed by atoms with E-state index in [4.69, 9.17) is 21.1 Å². The Morgan fingerprint density at radius 2 is 1.67 bits per heavy atom. The number of halogens is 2. The van der Waals surface area contributed by atoms with Crippen LogP contribution in [0.25, 0.3) is 0 Å². The van der Waals surface area contributed by atoms with Gasteiger partial charge in [-0.05, 0) is 60.0 Å². The third-order valence-corrected chi connectivity index (χ3v) is 5.14. The summed E-state index contributed by atoms with van der Waals surface area (Å²) in [5.74, 6) is 1.44. The van der Waals surface area contributed by atoms with Gasteiger partial charge in [-0.3, -0.25) is 0 Å². The molecule has 0 aliphatic carbocycles. The fourth-order valence-corrected chi connectivity index (χ4v) is 3.03. The lowest BCUT2D eigenvalue weighted by atomic mass is 10.2. The van der Waals surface area contributed by atoms with Crippen LogP contribution in [-0.2, 0) is 13.2 Å². The maximum absolute atomic E-state index is 6.18. The van der Waals surface area contributed by atoms with Crippen LogP contribution in [0.15, 0.2) is 65.1 Å². The predicted octanol–water partition coefficient (Wildman–Crippen LogP) is 6.61. The molecule has 0 saturated carbocycles. The highest BCUT2D eigenvalue weighted by Gasteiger charge is 2.07. The molecule has 3 aromatic carbocycles. The van der Waals surface area contributed by atoms with Gasteiger partial charge in [0.1, 0.15) is 6.61 Å². The maximum Gasteiger partial charge on any atom is 0.161 e. The minimum Gasteiger partial charge on any atom is -0.493 e. The van der Waals surface area contributed by atoms with Gasteiger partial charge in [0.15, 0.2) is 11.5 Å². The highest BCUT2D eigenvalue weighted by Crippen LogP contribution is 2.29. The van der Waals surface area contributed by atoms with Crippen molar-refractivity contribution in [1.29, 1.82) is 0 Å². The smallest absolute Gasteiger partial charge is 0.161 e. The second kappa shape index (κ2) is 9.16. The molecule has 0 aliphatic rings. The molecule has 0 atom stereocenters. The standard InChI is InChI=1S/C22H21BrClNO2/c1-15-3-9-19(12-20(15)24)25-13-17-6-10-21(22(11-17)26-2)27-14-16-4-7-18(23)8-5-16/h3-12,25H,13-14H2,1-2H3. The maximum atomic E-state index is 6.18. The number of methoxy groups -OCH3 is 1. The Morgan fingerprint density at radius 1 is 0.926 bits per heavy atom. The molecule has 140 valence electrons. The zero-order chi connectivity index (χ0) is 19.2. The first-order valence-electron chi connectivity index (χ1n) is 8.59. The molecule has 0 radical (unpaired) electrons. The third-order valence-electron chi connectivity index (χ3n) is 4.20. The number of anilines is 1. The van der Waals surface area contributed by atoms with Gasteiger partial charge in [-0.2, -0.15) is 0 Å². The predicted molar refractivity (Wildman–Crippen MR) is 115 cm³/mol. The molecule has 3 aromatic rings. The van der Waals surface area contributed by atoms with E-state index in [1.165, 1.54) is 0 Å². The van der Waals surface area contributed by atoms with E-state index in [-0.39, 0.29) is 0 Å².